The van der Waals surface area contributed by atoms with Crippen molar-refractivity contribution in [1.82, 2.24) is 0 Å². The molecule has 0 aromatic heterocycles. The Hall–Kier alpha value is -0.760. The highest BCUT2D eigenvalue weighted by Gasteiger charge is 1.51. The molecule has 2 N–H and O–H groups in total. The minimum absolute atomic E-state index is 0. The van der Waals surface area contributed by atoms with E-state index in [1.54, 1.807) is 0 Å². The number of rotatable bonds is 0. The average Bonchev–Trinajstić information content (AvgIpc) is 1.25. The lowest BCUT2D eigenvalue weighted by molar-refractivity contribution is -0.276. The van der Waals surface area contributed by atoms with E-state index in [0.29, 0.717) is 0 Å². The normalized spacial score (nSPS) is 4.80. The molecule has 0 spiro atoms. The molecule has 64 valence electrons. The fraction of sp³-hybridized carbons (Fsp3) is 0. The Morgan fingerprint density at radius 3 is 0.900 bits per heavy atom. The Labute approximate surface area is 70.0 Å². The van der Waals surface area contributed by atoms with Gasteiger partial charge in [-0.05, 0) is 0 Å². The summed E-state index contributed by atoms with van der Waals surface area (Å²) in [5.41, 5.74) is 0. The maximum atomic E-state index is 8.44. The molecule has 0 aliphatic heterocycles. The Morgan fingerprint density at radius 2 is 0.900 bits per heavy atom. The quantitative estimate of drug-likeness (QED) is 0.379. The van der Waals surface area contributed by atoms with Gasteiger partial charge in [0.25, 0.3) is 0 Å². The van der Waals surface area contributed by atoms with Crippen molar-refractivity contribution in [2.24, 2.45) is 0 Å². The lowest BCUT2D eigenvalue weighted by Crippen LogP contribution is -2.17. The summed E-state index contributed by atoms with van der Waals surface area (Å²) in [7, 11) is 0. The first kappa shape index (κ1) is 22.8. The summed E-state index contributed by atoms with van der Waals surface area (Å²) in [6.45, 7) is 0. The highest BCUT2D eigenvalue weighted by Crippen LogP contribution is 1.32. The minimum Gasteiger partial charge on any atom is -0.565 e. The third-order valence-corrected chi connectivity index (χ3v) is 0. The van der Waals surface area contributed by atoms with Crippen molar-refractivity contribution in [2.45, 2.75) is 0 Å². The zero-order chi connectivity index (χ0) is 7.15. The van der Waals surface area contributed by atoms with Crippen LogP contribution in [-0.2, 0) is 27.0 Å². The van der Waals surface area contributed by atoms with Crippen LogP contribution in [0.3, 0.4) is 0 Å². The highest BCUT2D eigenvalue weighted by molar-refractivity contribution is 7.37. The van der Waals surface area contributed by atoms with Gasteiger partial charge in [0.05, 0.1) is 0 Å². The van der Waals surface area contributed by atoms with Crippen LogP contribution in [0.2, 0.25) is 0 Å². The molecule has 0 bridgehead atoms. The van der Waals surface area contributed by atoms with E-state index in [1.165, 1.54) is 0 Å². The minimum atomic E-state index is -2.08. The molecule has 0 radical (unpaired) electrons. The molecule has 0 aliphatic carbocycles. The Balaban J connectivity index is -0.0000000300. The molecular weight excluding hydrogens is 184 g/mol. The van der Waals surface area contributed by atoms with Gasteiger partial charge < -0.3 is 30.0 Å². The zero-order valence-corrected chi connectivity index (χ0v) is 6.99. The summed E-state index contributed by atoms with van der Waals surface area (Å²) >= 11 is 0. The van der Waals surface area contributed by atoms with Crippen LogP contribution in [0, 0.1) is 0 Å². The maximum Gasteiger partial charge on any atom is 0.249 e. The van der Waals surface area contributed by atoms with Crippen molar-refractivity contribution < 1.29 is 30.0 Å². The fourth-order valence-corrected chi connectivity index (χ4v) is 0. The van der Waals surface area contributed by atoms with Crippen molar-refractivity contribution in [3.8, 4) is 0 Å². The van der Waals surface area contributed by atoms with Gasteiger partial charge >= 0.3 is 0 Å². The summed E-state index contributed by atoms with van der Waals surface area (Å²) in [6.07, 6.45) is -4.17. The third-order valence-electron chi connectivity index (χ3n) is 0. The van der Waals surface area contributed by atoms with Crippen LogP contribution >= 0.6 is 0 Å². The number of carboxylic acid groups (broad SMARTS) is 4. The van der Waals surface area contributed by atoms with Gasteiger partial charge in [0, 0.05) is 0 Å². The van der Waals surface area contributed by atoms with Crippen LogP contribution in [0.1, 0.15) is 0 Å². The molecule has 0 aromatic rings. The van der Waals surface area contributed by atoms with Crippen molar-refractivity contribution >= 4 is 39.3 Å². The van der Waals surface area contributed by atoms with E-state index >= 15 is 0 Å². The van der Waals surface area contributed by atoms with E-state index in [2.05, 4.69) is 0 Å². The van der Waals surface area contributed by atoms with Gasteiger partial charge in [0.1, 0.15) is 0 Å². The molecule has 0 atom stereocenters. The van der Waals surface area contributed by atoms with E-state index in [9.17, 15) is 0 Å². The van der Waals surface area contributed by atoms with Crippen molar-refractivity contribution in [3.05, 3.63) is 0 Å². The lowest BCUT2D eigenvalue weighted by atomic mass is 11.5. The predicted molar refractivity (Wildman–Crippen MR) is 39.1 cm³/mol. The maximum absolute atomic E-state index is 8.44. The summed E-state index contributed by atoms with van der Waals surface area (Å²) in [5.74, 6) is 0. The van der Waals surface area contributed by atoms with Crippen LogP contribution in [0.25, 0.3) is 0 Å². The Kier molecular flexibility index (Phi) is 35.9. The largest absolute Gasteiger partial charge is 0.565 e. The van der Waals surface area contributed by atoms with Gasteiger partial charge in [-0.3, -0.25) is 0 Å². The Bertz CT molecular complexity index is 71.7. The summed E-state index contributed by atoms with van der Waals surface area (Å²) < 4.78 is 0. The van der Waals surface area contributed by atoms with Crippen LogP contribution in [0.5, 0.6) is 0 Å². The van der Waals surface area contributed by atoms with Gasteiger partial charge in [-0.1, -0.05) is 27.0 Å². The average molecular weight is 192 g/mol. The molecule has 0 amide bonds. The number of hydrogen-bond donors (Lipinski definition) is 2. The SMILES string of the molecule is O=C([O-])O.O=C([O-])O.[SH3+].[SH3+]. The second-order valence-corrected chi connectivity index (χ2v) is 0.532. The summed E-state index contributed by atoms with van der Waals surface area (Å²) in [5, 5.41) is 30.6. The molecule has 0 unspecified atom stereocenters. The first-order valence-electron chi connectivity index (χ1n) is 1.26. The van der Waals surface area contributed by atoms with Gasteiger partial charge in [-0.25, -0.2) is 0 Å². The van der Waals surface area contributed by atoms with Crippen molar-refractivity contribution in [1.29, 1.82) is 0 Å². The van der Waals surface area contributed by atoms with E-state index in [0.717, 1.165) is 0 Å². The molecule has 0 rings (SSSR count). The third kappa shape index (κ3) is 488. The molecule has 10 heavy (non-hydrogen) atoms. The Morgan fingerprint density at radius 1 is 0.900 bits per heavy atom. The van der Waals surface area contributed by atoms with Gasteiger partial charge in [0.15, 0.2) is 0 Å². The van der Waals surface area contributed by atoms with Crippen molar-refractivity contribution in [2.75, 3.05) is 0 Å². The molecule has 0 saturated heterocycles. The van der Waals surface area contributed by atoms with Crippen LogP contribution in [-0.4, -0.2) is 22.5 Å². The van der Waals surface area contributed by atoms with Crippen LogP contribution in [0.15, 0.2) is 0 Å². The first-order chi connectivity index (χ1) is 3.46. The standard InChI is InChI=1S/2CH2O3.2H2S/c2*2-1(3)4;;/h2*(H2,2,3,4);2*1H2. The lowest BCUT2D eigenvalue weighted by Gasteiger charge is -1.74. The van der Waals surface area contributed by atoms with Crippen LogP contribution in [0.4, 0.5) is 9.59 Å². The van der Waals surface area contributed by atoms with Gasteiger partial charge in [-0.2, -0.15) is 0 Å². The molecule has 6 nitrogen and oxygen atoms in total. The highest BCUT2D eigenvalue weighted by atomic mass is 32.1. The molecule has 0 heterocycles. The van der Waals surface area contributed by atoms with E-state index in [-0.39, 0.29) is 27.0 Å². The predicted octanol–water partition coefficient (Wildman–Crippen LogP) is -3.84. The molecule has 0 aromatic carbocycles. The smallest absolute Gasteiger partial charge is 0.249 e. The monoisotopic (exact) mass is 192 g/mol. The summed E-state index contributed by atoms with van der Waals surface area (Å²) in [4.78, 5) is 16.9. The number of hydrogen-bond acceptors (Lipinski definition) is 4. The van der Waals surface area contributed by atoms with E-state index < -0.39 is 12.3 Å². The number of carbonyl (C=O) groups is 2. The summed E-state index contributed by atoms with van der Waals surface area (Å²) in [6, 6.07) is 0. The van der Waals surface area contributed by atoms with Crippen LogP contribution < -0.4 is 10.2 Å². The molecule has 8 heteroatoms. The van der Waals surface area contributed by atoms with Gasteiger partial charge in [-0.15, -0.1) is 0 Å². The molecule has 0 saturated carbocycles. The second-order valence-electron chi connectivity index (χ2n) is 0.532. The molecule has 0 aliphatic rings. The van der Waals surface area contributed by atoms with Gasteiger partial charge in [0.2, 0.25) is 12.3 Å². The van der Waals surface area contributed by atoms with Crippen molar-refractivity contribution in [3.63, 3.8) is 0 Å². The molecule has 0 fully saturated rings. The first-order valence-corrected chi connectivity index (χ1v) is 1.26. The second kappa shape index (κ2) is 15.7. The van der Waals surface area contributed by atoms with E-state index in [1.807, 2.05) is 0 Å². The van der Waals surface area contributed by atoms with E-state index in [4.69, 9.17) is 30.0 Å². The zero-order valence-electron chi connectivity index (χ0n) is 4.68. The fourth-order valence-electron chi connectivity index (χ4n) is 0. The topological polar surface area (TPSA) is 121 Å². The molecular formula is C2H8O6S2.